The zero-order valence-corrected chi connectivity index (χ0v) is 20.3. The third-order valence-electron chi connectivity index (χ3n) is 6.88. The van der Waals surface area contributed by atoms with Crippen LogP contribution in [0.5, 0.6) is 17.2 Å². The summed E-state index contributed by atoms with van der Waals surface area (Å²) in [6, 6.07) is 7.23. The minimum absolute atomic E-state index is 0.0318. The number of aromatic nitrogens is 3. The Morgan fingerprint density at radius 3 is 2.74 bits per heavy atom. The van der Waals surface area contributed by atoms with E-state index in [9.17, 15) is 8.42 Å². The van der Waals surface area contributed by atoms with Crippen molar-refractivity contribution in [2.75, 3.05) is 25.5 Å². The fraction of sp³-hybridized carbons (Fsp3) is 0.333. The average Bonchev–Trinajstić information content (AvgIpc) is 3.12. The van der Waals surface area contributed by atoms with Crippen molar-refractivity contribution in [3.8, 4) is 17.2 Å². The third-order valence-corrected chi connectivity index (χ3v) is 8.27. The summed E-state index contributed by atoms with van der Waals surface area (Å²) in [4.78, 5) is -0.0385. The molecule has 2 aliphatic rings. The van der Waals surface area contributed by atoms with Gasteiger partial charge in [-0.05, 0) is 49.1 Å². The molecular formula is C24H24N4O6S. The zero-order chi connectivity index (χ0) is 24.4. The van der Waals surface area contributed by atoms with Gasteiger partial charge in [-0.1, -0.05) is 11.2 Å². The Balaban J connectivity index is 1.43. The highest BCUT2D eigenvalue weighted by atomic mass is 32.2. The molecule has 0 radical (unpaired) electrons. The summed E-state index contributed by atoms with van der Waals surface area (Å²) in [5.41, 5.74) is 2.95. The highest BCUT2D eigenvalue weighted by Crippen LogP contribution is 2.58. The molecule has 0 atom stereocenters. The molecule has 2 aromatic carbocycles. The molecule has 1 fully saturated rings. The van der Waals surface area contributed by atoms with Crippen molar-refractivity contribution in [3.05, 3.63) is 53.3 Å². The van der Waals surface area contributed by atoms with E-state index in [1.165, 1.54) is 14.2 Å². The molecule has 1 aliphatic carbocycles. The molecular weight excluding hydrogens is 472 g/mol. The lowest BCUT2D eigenvalue weighted by atomic mass is 9.98. The van der Waals surface area contributed by atoms with Gasteiger partial charge in [0.1, 0.15) is 22.6 Å². The van der Waals surface area contributed by atoms with Crippen LogP contribution in [0.3, 0.4) is 0 Å². The quantitative estimate of drug-likeness (QED) is 0.412. The van der Waals surface area contributed by atoms with Gasteiger partial charge in [-0.2, -0.15) is 5.10 Å². The first-order chi connectivity index (χ1) is 16.9. The van der Waals surface area contributed by atoms with Crippen LogP contribution in [-0.2, 0) is 22.0 Å². The molecule has 0 saturated heterocycles. The van der Waals surface area contributed by atoms with Crippen LogP contribution in [0.2, 0.25) is 0 Å². The fourth-order valence-corrected chi connectivity index (χ4v) is 6.15. The second kappa shape index (κ2) is 7.64. The van der Waals surface area contributed by atoms with E-state index >= 15 is 0 Å². The fourth-order valence-electron chi connectivity index (χ4n) is 4.83. The molecule has 1 N–H and O–H groups in total. The van der Waals surface area contributed by atoms with Crippen molar-refractivity contribution in [3.63, 3.8) is 0 Å². The lowest BCUT2D eigenvalue weighted by molar-refractivity contribution is 0.313. The van der Waals surface area contributed by atoms with Crippen LogP contribution in [0.4, 0.5) is 5.82 Å². The van der Waals surface area contributed by atoms with Crippen molar-refractivity contribution in [1.29, 1.82) is 0 Å². The topological polar surface area (TPSA) is 118 Å². The Bertz CT molecular complexity index is 1550. The number of nitrogens with zero attached hydrogens (tertiary/aromatic N) is 3. The number of benzene rings is 2. The third kappa shape index (κ3) is 3.33. The maximum absolute atomic E-state index is 13.7. The summed E-state index contributed by atoms with van der Waals surface area (Å²) < 4.78 is 54.2. The molecule has 3 heterocycles. The summed E-state index contributed by atoms with van der Waals surface area (Å²) in [7, 11) is -1.19. The van der Waals surface area contributed by atoms with Crippen molar-refractivity contribution < 1.29 is 27.2 Å². The second-order valence-corrected chi connectivity index (χ2v) is 10.6. The molecule has 10 nitrogen and oxygen atoms in total. The van der Waals surface area contributed by atoms with Gasteiger partial charge in [0.05, 0.1) is 27.4 Å². The number of rotatable bonds is 7. The zero-order valence-electron chi connectivity index (χ0n) is 19.5. The highest BCUT2D eigenvalue weighted by Gasteiger charge is 2.52. The predicted molar refractivity (Wildman–Crippen MR) is 127 cm³/mol. The summed E-state index contributed by atoms with van der Waals surface area (Å²) in [6.45, 7) is 2.87. The molecule has 35 heavy (non-hydrogen) atoms. The summed E-state index contributed by atoms with van der Waals surface area (Å²) in [6.07, 6.45) is 5.51. The van der Waals surface area contributed by atoms with Crippen molar-refractivity contribution in [1.82, 2.24) is 14.9 Å². The first-order valence-electron chi connectivity index (χ1n) is 11.2. The van der Waals surface area contributed by atoms with E-state index in [0.717, 1.165) is 29.5 Å². The number of hydrogen-bond acceptors (Lipinski definition) is 8. The molecule has 4 aromatic rings. The Labute approximate surface area is 201 Å². The summed E-state index contributed by atoms with van der Waals surface area (Å²) >= 11 is 0. The number of methoxy groups -OCH3 is 2. The number of hydrogen-bond donors (Lipinski definition) is 1. The molecule has 1 spiro atoms. The van der Waals surface area contributed by atoms with Crippen LogP contribution in [0, 0.1) is 6.92 Å². The average molecular weight is 497 g/mol. The largest absolute Gasteiger partial charge is 0.496 e. The van der Waals surface area contributed by atoms with Gasteiger partial charge in [0.2, 0.25) is 0 Å². The van der Waals surface area contributed by atoms with Crippen LogP contribution < -0.4 is 18.9 Å². The molecule has 6 rings (SSSR count). The van der Waals surface area contributed by atoms with Crippen molar-refractivity contribution in [2.24, 2.45) is 0 Å². The number of nitrogens with one attached hydrogen (secondary N) is 1. The lowest BCUT2D eigenvalue weighted by Gasteiger charge is -2.15. The van der Waals surface area contributed by atoms with Gasteiger partial charge < -0.3 is 18.7 Å². The number of sulfonamides is 1. The van der Waals surface area contributed by atoms with E-state index in [0.29, 0.717) is 35.6 Å². The van der Waals surface area contributed by atoms with Crippen LogP contribution in [0.15, 0.2) is 46.1 Å². The summed E-state index contributed by atoms with van der Waals surface area (Å²) in [5, 5.41) is 8.72. The highest BCUT2D eigenvalue weighted by molar-refractivity contribution is 7.93. The lowest BCUT2D eigenvalue weighted by Crippen LogP contribution is -2.16. The number of anilines is 1. The smallest absolute Gasteiger partial charge is 0.270 e. The normalized spacial score (nSPS) is 15.7. The van der Waals surface area contributed by atoms with E-state index < -0.39 is 10.0 Å². The van der Waals surface area contributed by atoms with E-state index in [1.807, 2.05) is 31.3 Å². The minimum atomic E-state index is -4.15. The van der Waals surface area contributed by atoms with Gasteiger partial charge in [0.25, 0.3) is 10.0 Å². The standard InChI is InChI=1S/C24H24N4O6S/c1-14-15(12-28-10-4-9-25-28)11-18-19(20(14)32-3)23(26-34-18)27-35(29,30)22-17(31-2)6-5-16-21(22)33-13-24(16)7-8-24/h4-6,9-11H,7-8,12-13H2,1-3H3,(H,26,27). The molecule has 11 heteroatoms. The van der Waals surface area contributed by atoms with Crippen LogP contribution in [-0.4, -0.2) is 44.2 Å². The van der Waals surface area contributed by atoms with E-state index in [1.54, 1.807) is 16.9 Å². The first kappa shape index (κ1) is 21.8. The summed E-state index contributed by atoms with van der Waals surface area (Å²) in [5.74, 6) is 1.05. The monoisotopic (exact) mass is 496 g/mol. The minimum Gasteiger partial charge on any atom is -0.496 e. The Morgan fingerprint density at radius 2 is 2.06 bits per heavy atom. The van der Waals surface area contributed by atoms with E-state index in [4.69, 9.17) is 18.7 Å². The van der Waals surface area contributed by atoms with Crippen LogP contribution >= 0.6 is 0 Å². The Kier molecular flexibility index (Phi) is 4.75. The van der Waals surface area contributed by atoms with Crippen molar-refractivity contribution in [2.45, 2.75) is 36.6 Å². The van der Waals surface area contributed by atoms with Gasteiger partial charge in [-0.25, -0.2) is 8.42 Å². The predicted octanol–water partition coefficient (Wildman–Crippen LogP) is 3.62. The van der Waals surface area contributed by atoms with E-state index in [2.05, 4.69) is 15.0 Å². The molecule has 0 unspecified atom stereocenters. The maximum atomic E-state index is 13.7. The molecule has 182 valence electrons. The number of fused-ring (bicyclic) bond motifs is 3. The second-order valence-electron chi connectivity index (χ2n) is 8.95. The van der Waals surface area contributed by atoms with Gasteiger partial charge >= 0.3 is 0 Å². The molecule has 0 amide bonds. The SMILES string of the molecule is COc1ccc2c(c1S(=O)(=O)Nc1noc3cc(Cn4cccn4)c(C)c(OC)c13)OCC21CC1. The molecule has 2 aromatic heterocycles. The van der Waals surface area contributed by atoms with Crippen LogP contribution in [0.1, 0.15) is 29.5 Å². The molecule has 1 saturated carbocycles. The number of ether oxygens (including phenoxy) is 3. The molecule has 1 aliphatic heterocycles. The van der Waals surface area contributed by atoms with Gasteiger partial charge in [-0.3, -0.25) is 9.40 Å². The van der Waals surface area contributed by atoms with Crippen molar-refractivity contribution >= 4 is 26.8 Å². The van der Waals surface area contributed by atoms with Crippen LogP contribution in [0.25, 0.3) is 11.0 Å². The van der Waals surface area contributed by atoms with Gasteiger partial charge in [0.15, 0.2) is 16.3 Å². The van der Waals surface area contributed by atoms with E-state index in [-0.39, 0.29) is 21.9 Å². The van der Waals surface area contributed by atoms with Gasteiger partial charge in [-0.15, -0.1) is 0 Å². The Hall–Kier alpha value is -3.73. The first-order valence-corrected chi connectivity index (χ1v) is 12.7. The maximum Gasteiger partial charge on any atom is 0.270 e. The van der Waals surface area contributed by atoms with Gasteiger partial charge in [0, 0.05) is 23.4 Å². The Morgan fingerprint density at radius 1 is 1.23 bits per heavy atom. The molecule has 0 bridgehead atoms.